The van der Waals surface area contributed by atoms with Gasteiger partial charge in [-0.25, -0.2) is 0 Å². The van der Waals surface area contributed by atoms with Gasteiger partial charge in [0, 0.05) is 13.1 Å². The van der Waals surface area contributed by atoms with E-state index in [9.17, 15) is 4.79 Å². The first-order valence-corrected chi connectivity index (χ1v) is 4.00. The fraction of sp³-hybridized carbons (Fsp3) is 0.571. The Bertz CT molecular complexity index is 138. The van der Waals surface area contributed by atoms with Crippen molar-refractivity contribution < 1.29 is 9.90 Å². The molecule has 0 saturated carbocycles. The molecule has 64 valence electrons. The maximum Gasteiger partial charge on any atom is 0.232 e. The molecular formula is C7H13NO2S. The molecule has 0 atom stereocenters. The smallest absolute Gasteiger partial charge is 0.232 e. The number of amides is 1. The van der Waals surface area contributed by atoms with Gasteiger partial charge in [0.1, 0.15) is 0 Å². The van der Waals surface area contributed by atoms with Crippen molar-refractivity contribution in [1.82, 2.24) is 4.90 Å². The molecule has 0 fully saturated rings. The van der Waals surface area contributed by atoms with Gasteiger partial charge >= 0.3 is 0 Å². The van der Waals surface area contributed by atoms with Gasteiger partial charge in [-0.1, -0.05) is 6.08 Å². The lowest BCUT2D eigenvalue weighted by Crippen LogP contribution is -2.34. The van der Waals surface area contributed by atoms with E-state index in [0.717, 1.165) is 0 Å². The molecule has 4 heteroatoms. The normalized spacial score (nSPS) is 9.27. The van der Waals surface area contributed by atoms with Crippen LogP contribution < -0.4 is 0 Å². The minimum Gasteiger partial charge on any atom is -0.395 e. The third-order valence-corrected chi connectivity index (χ3v) is 1.48. The summed E-state index contributed by atoms with van der Waals surface area (Å²) in [7, 11) is 0. The van der Waals surface area contributed by atoms with E-state index in [4.69, 9.17) is 5.11 Å². The number of carbonyl (C=O) groups is 1. The Morgan fingerprint density at radius 1 is 1.73 bits per heavy atom. The van der Waals surface area contributed by atoms with Gasteiger partial charge in [0.05, 0.1) is 12.4 Å². The SMILES string of the molecule is C=CCN(CCO)C(=O)CS. The minimum absolute atomic E-state index is 0.0205. The number of rotatable bonds is 5. The number of carbonyl (C=O) groups excluding carboxylic acids is 1. The number of nitrogens with zero attached hydrogens (tertiary/aromatic N) is 1. The zero-order valence-corrected chi connectivity index (χ0v) is 7.26. The average molecular weight is 175 g/mol. The van der Waals surface area contributed by atoms with Gasteiger partial charge in [0.15, 0.2) is 0 Å². The summed E-state index contributed by atoms with van der Waals surface area (Å²) >= 11 is 3.83. The highest BCUT2D eigenvalue weighted by atomic mass is 32.1. The van der Waals surface area contributed by atoms with E-state index in [0.29, 0.717) is 13.1 Å². The summed E-state index contributed by atoms with van der Waals surface area (Å²) in [6, 6.07) is 0. The molecule has 0 rings (SSSR count). The Kier molecular flexibility index (Phi) is 5.97. The summed E-state index contributed by atoms with van der Waals surface area (Å²) in [5.41, 5.74) is 0. The summed E-state index contributed by atoms with van der Waals surface area (Å²) in [6.45, 7) is 4.30. The van der Waals surface area contributed by atoms with Crippen molar-refractivity contribution in [1.29, 1.82) is 0 Å². The molecule has 0 unspecified atom stereocenters. The number of aliphatic hydroxyl groups is 1. The van der Waals surface area contributed by atoms with Crippen LogP contribution >= 0.6 is 12.6 Å². The van der Waals surface area contributed by atoms with Gasteiger partial charge in [-0.3, -0.25) is 4.79 Å². The van der Waals surface area contributed by atoms with Crippen LogP contribution in [0, 0.1) is 0 Å². The molecule has 0 heterocycles. The zero-order valence-electron chi connectivity index (χ0n) is 6.36. The van der Waals surface area contributed by atoms with E-state index >= 15 is 0 Å². The third-order valence-electron chi connectivity index (χ3n) is 1.21. The number of hydrogen-bond donors (Lipinski definition) is 2. The molecule has 0 radical (unpaired) electrons. The van der Waals surface area contributed by atoms with E-state index in [1.165, 1.54) is 4.90 Å². The Balaban J connectivity index is 3.86. The van der Waals surface area contributed by atoms with Crippen LogP contribution in [0.2, 0.25) is 0 Å². The van der Waals surface area contributed by atoms with Gasteiger partial charge in [0.25, 0.3) is 0 Å². The molecule has 3 nitrogen and oxygen atoms in total. The molecule has 0 bridgehead atoms. The molecule has 0 spiro atoms. The summed E-state index contributed by atoms with van der Waals surface area (Å²) < 4.78 is 0. The molecule has 11 heavy (non-hydrogen) atoms. The van der Waals surface area contributed by atoms with Crippen LogP contribution in [0.1, 0.15) is 0 Å². The average Bonchev–Trinajstić information content (AvgIpc) is 2.03. The van der Waals surface area contributed by atoms with Gasteiger partial charge in [0.2, 0.25) is 5.91 Å². The van der Waals surface area contributed by atoms with Crippen molar-refractivity contribution in [2.75, 3.05) is 25.4 Å². The Morgan fingerprint density at radius 3 is 2.73 bits per heavy atom. The van der Waals surface area contributed by atoms with Crippen molar-refractivity contribution in [3.8, 4) is 0 Å². The van der Waals surface area contributed by atoms with Gasteiger partial charge in [-0.05, 0) is 0 Å². The second-order valence-electron chi connectivity index (χ2n) is 2.01. The van der Waals surface area contributed by atoms with E-state index in [1.807, 2.05) is 0 Å². The summed E-state index contributed by atoms with van der Waals surface area (Å²) in [5, 5.41) is 8.55. The maximum absolute atomic E-state index is 11.0. The summed E-state index contributed by atoms with van der Waals surface area (Å²) in [6.07, 6.45) is 1.62. The summed E-state index contributed by atoms with van der Waals surface area (Å²) in [4.78, 5) is 12.5. The lowest BCUT2D eigenvalue weighted by Gasteiger charge is -2.18. The van der Waals surface area contributed by atoms with E-state index < -0.39 is 0 Å². The van der Waals surface area contributed by atoms with E-state index in [1.54, 1.807) is 6.08 Å². The monoisotopic (exact) mass is 175 g/mol. The van der Waals surface area contributed by atoms with Crippen LogP contribution in [-0.2, 0) is 4.79 Å². The largest absolute Gasteiger partial charge is 0.395 e. The van der Waals surface area contributed by atoms with Crippen molar-refractivity contribution in [2.45, 2.75) is 0 Å². The standard InChI is InChI=1S/C7H13NO2S/c1-2-3-8(4-5-9)7(10)6-11/h2,9,11H,1,3-6H2. The quantitative estimate of drug-likeness (QED) is 0.453. The highest BCUT2D eigenvalue weighted by Crippen LogP contribution is 1.91. The predicted molar refractivity (Wildman–Crippen MR) is 47.7 cm³/mol. The number of thiol groups is 1. The lowest BCUT2D eigenvalue weighted by molar-refractivity contribution is -0.128. The van der Waals surface area contributed by atoms with E-state index in [-0.39, 0.29) is 18.3 Å². The van der Waals surface area contributed by atoms with Gasteiger partial charge < -0.3 is 10.0 Å². The van der Waals surface area contributed by atoms with E-state index in [2.05, 4.69) is 19.2 Å². The van der Waals surface area contributed by atoms with Crippen LogP contribution in [0.5, 0.6) is 0 Å². The van der Waals surface area contributed by atoms with Crippen molar-refractivity contribution >= 4 is 18.5 Å². The van der Waals surface area contributed by atoms with Crippen LogP contribution in [-0.4, -0.2) is 41.4 Å². The maximum atomic E-state index is 11.0. The molecule has 0 saturated heterocycles. The number of aliphatic hydroxyl groups excluding tert-OH is 1. The number of hydrogen-bond acceptors (Lipinski definition) is 3. The summed E-state index contributed by atoms with van der Waals surface area (Å²) in [5.74, 6) is 0.0932. The topological polar surface area (TPSA) is 40.5 Å². The second-order valence-corrected chi connectivity index (χ2v) is 2.33. The highest BCUT2D eigenvalue weighted by Gasteiger charge is 2.07. The first kappa shape index (κ1) is 10.5. The van der Waals surface area contributed by atoms with Crippen molar-refractivity contribution in [3.05, 3.63) is 12.7 Å². The predicted octanol–water partition coefficient (Wildman–Crippen LogP) is -0.0769. The van der Waals surface area contributed by atoms with Crippen molar-refractivity contribution in [3.63, 3.8) is 0 Å². The Hall–Kier alpha value is -0.480. The Labute approximate surface area is 72.1 Å². The Morgan fingerprint density at radius 2 is 2.36 bits per heavy atom. The van der Waals surface area contributed by atoms with Crippen LogP contribution in [0.3, 0.4) is 0 Å². The molecule has 1 N–H and O–H groups in total. The zero-order chi connectivity index (χ0) is 8.69. The van der Waals surface area contributed by atoms with Gasteiger partial charge in [-0.2, -0.15) is 12.6 Å². The van der Waals surface area contributed by atoms with Crippen molar-refractivity contribution in [2.24, 2.45) is 0 Å². The van der Waals surface area contributed by atoms with Gasteiger partial charge in [-0.15, -0.1) is 6.58 Å². The molecular weight excluding hydrogens is 162 g/mol. The fourth-order valence-corrected chi connectivity index (χ4v) is 0.894. The fourth-order valence-electron chi connectivity index (χ4n) is 0.694. The lowest BCUT2D eigenvalue weighted by atomic mass is 10.4. The second kappa shape index (κ2) is 6.24. The molecule has 0 aromatic carbocycles. The highest BCUT2D eigenvalue weighted by molar-refractivity contribution is 7.81. The molecule has 0 aliphatic heterocycles. The molecule has 1 amide bonds. The molecule has 0 aliphatic carbocycles. The molecule has 0 aromatic heterocycles. The first-order valence-electron chi connectivity index (χ1n) is 3.36. The first-order chi connectivity index (χ1) is 5.26. The van der Waals surface area contributed by atoms with Crippen LogP contribution in [0.25, 0.3) is 0 Å². The third kappa shape index (κ3) is 4.06. The van der Waals surface area contributed by atoms with Crippen LogP contribution in [0.15, 0.2) is 12.7 Å². The molecule has 0 aromatic rings. The molecule has 0 aliphatic rings. The minimum atomic E-state index is -0.0812. The van der Waals surface area contributed by atoms with Crippen LogP contribution in [0.4, 0.5) is 0 Å².